The monoisotopic (exact) mass is 186 g/mol. The molecule has 1 aromatic rings. The number of imidazole rings is 1. The van der Waals surface area contributed by atoms with Crippen LogP contribution in [0.1, 0.15) is 24.3 Å². The zero-order valence-corrected chi connectivity index (χ0v) is 8.15. The van der Waals surface area contributed by atoms with Crippen molar-refractivity contribution in [3.05, 3.63) is 11.9 Å². The first kappa shape index (κ1) is 9.20. The van der Waals surface area contributed by atoms with Crippen LogP contribution in [-0.4, -0.2) is 22.0 Å². The number of hydrogen-bond donors (Lipinski definition) is 1. The number of aromatic nitrogens is 2. The molecular formula is C7H11N2O2P. The lowest BCUT2D eigenvalue weighted by atomic mass is 10.4. The van der Waals surface area contributed by atoms with E-state index in [4.69, 9.17) is 4.74 Å². The van der Waals surface area contributed by atoms with E-state index in [1.807, 2.05) is 0 Å². The van der Waals surface area contributed by atoms with Crippen molar-refractivity contribution in [2.45, 2.75) is 20.0 Å². The largest absolute Gasteiger partial charge is 0.458 e. The van der Waals surface area contributed by atoms with Crippen LogP contribution in [0.5, 0.6) is 0 Å². The van der Waals surface area contributed by atoms with E-state index >= 15 is 0 Å². The third kappa shape index (κ3) is 2.31. The number of aromatic amines is 1. The summed E-state index contributed by atoms with van der Waals surface area (Å²) in [7, 11) is 2.37. The summed E-state index contributed by atoms with van der Waals surface area (Å²) in [5.74, 6) is -0.369. The van der Waals surface area contributed by atoms with Crippen molar-refractivity contribution in [1.29, 1.82) is 0 Å². The van der Waals surface area contributed by atoms with Crippen molar-refractivity contribution in [2.24, 2.45) is 0 Å². The summed E-state index contributed by atoms with van der Waals surface area (Å²) in [5, 5.41) is 0. The molecule has 0 spiro atoms. The highest BCUT2D eigenvalue weighted by atomic mass is 31.0. The van der Waals surface area contributed by atoms with Gasteiger partial charge in [-0.05, 0) is 13.8 Å². The van der Waals surface area contributed by atoms with Gasteiger partial charge in [0, 0.05) is 0 Å². The van der Waals surface area contributed by atoms with Crippen LogP contribution in [0.3, 0.4) is 0 Å². The molecule has 66 valence electrons. The predicted molar refractivity (Wildman–Crippen MR) is 48.5 cm³/mol. The Bertz CT molecular complexity index is 283. The van der Waals surface area contributed by atoms with Crippen LogP contribution in [0.25, 0.3) is 0 Å². The van der Waals surface area contributed by atoms with E-state index < -0.39 is 0 Å². The van der Waals surface area contributed by atoms with Crippen LogP contribution in [0.2, 0.25) is 0 Å². The van der Waals surface area contributed by atoms with Crippen LogP contribution in [-0.2, 0) is 4.74 Å². The Morgan fingerprint density at radius 3 is 2.83 bits per heavy atom. The Kier molecular flexibility index (Phi) is 2.82. The normalized spacial score (nSPS) is 10.3. The fraction of sp³-hybridized carbons (Fsp3) is 0.429. The molecule has 12 heavy (non-hydrogen) atoms. The molecule has 1 heterocycles. The quantitative estimate of drug-likeness (QED) is 0.539. The summed E-state index contributed by atoms with van der Waals surface area (Å²) in [4.78, 5) is 17.8. The number of nitrogens with one attached hydrogen (secondary N) is 1. The van der Waals surface area contributed by atoms with Crippen LogP contribution >= 0.6 is 9.24 Å². The van der Waals surface area contributed by atoms with Crippen molar-refractivity contribution in [3.8, 4) is 0 Å². The number of hydrogen-bond acceptors (Lipinski definition) is 3. The molecule has 1 rings (SSSR count). The van der Waals surface area contributed by atoms with Gasteiger partial charge < -0.3 is 9.72 Å². The fourth-order valence-corrected chi connectivity index (χ4v) is 0.948. The Labute approximate surface area is 72.9 Å². The molecule has 0 aliphatic heterocycles. The second kappa shape index (κ2) is 3.68. The molecule has 0 saturated heterocycles. The van der Waals surface area contributed by atoms with Gasteiger partial charge in [0.25, 0.3) is 0 Å². The van der Waals surface area contributed by atoms with Gasteiger partial charge in [0.1, 0.15) is 11.3 Å². The smallest absolute Gasteiger partial charge is 0.356 e. The summed E-state index contributed by atoms with van der Waals surface area (Å²) in [6.45, 7) is 3.60. The molecule has 1 aromatic heterocycles. The van der Waals surface area contributed by atoms with E-state index in [1.54, 1.807) is 13.8 Å². The lowest BCUT2D eigenvalue weighted by molar-refractivity contribution is 0.0371. The number of esters is 1. The van der Waals surface area contributed by atoms with Crippen LogP contribution in [0.15, 0.2) is 6.20 Å². The Balaban J connectivity index is 2.65. The zero-order valence-electron chi connectivity index (χ0n) is 7.00. The fourth-order valence-electron chi connectivity index (χ4n) is 0.718. The number of ether oxygens (including phenoxy) is 1. The maximum atomic E-state index is 11.2. The van der Waals surface area contributed by atoms with Gasteiger partial charge >= 0.3 is 5.97 Å². The van der Waals surface area contributed by atoms with E-state index in [2.05, 4.69) is 19.2 Å². The molecule has 0 saturated carbocycles. The van der Waals surface area contributed by atoms with Gasteiger partial charge in [-0.3, -0.25) is 0 Å². The highest BCUT2D eigenvalue weighted by Gasteiger charge is 2.10. The lowest BCUT2D eigenvalue weighted by Crippen LogP contribution is -2.12. The Hall–Kier alpha value is -0.890. The van der Waals surface area contributed by atoms with E-state index in [9.17, 15) is 4.79 Å². The zero-order chi connectivity index (χ0) is 9.14. The minimum absolute atomic E-state index is 0.103. The summed E-state index contributed by atoms with van der Waals surface area (Å²) in [6, 6.07) is 0. The SMILES string of the molecule is CC(C)OC(=O)c1cnc(P)[nH]1. The topological polar surface area (TPSA) is 55.0 Å². The maximum absolute atomic E-state index is 11.2. The van der Waals surface area contributed by atoms with Crippen molar-refractivity contribution in [2.75, 3.05) is 0 Å². The van der Waals surface area contributed by atoms with Gasteiger partial charge in [-0.1, -0.05) is 9.24 Å². The summed E-state index contributed by atoms with van der Waals surface area (Å²) < 4.78 is 4.93. The number of H-pyrrole nitrogens is 1. The molecule has 0 bridgehead atoms. The summed E-state index contributed by atoms with van der Waals surface area (Å²) >= 11 is 0. The maximum Gasteiger partial charge on any atom is 0.356 e. The highest BCUT2D eigenvalue weighted by Crippen LogP contribution is 1.98. The predicted octanol–water partition coefficient (Wildman–Crippen LogP) is 0.475. The van der Waals surface area contributed by atoms with E-state index in [0.29, 0.717) is 11.3 Å². The van der Waals surface area contributed by atoms with Gasteiger partial charge in [-0.25, -0.2) is 9.78 Å². The minimum atomic E-state index is -0.369. The summed E-state index contributed by atoms with van der Waals surface area (Å²) in [6.07, 6.45) is 1.35. The van der Waals surface area contributed by atoms with Gasteiger partial charge in [0.05, 0.1) is 12.3 Å². The first-order valence-electron chi connectivity index (χ1n) is 3.61. The minimum Gasteiger partial charge on any atom is -0.458 e. The third-order valence-electron chi connectivity index (χ3n) is 1.16. The van der Waals surface area contributed by atoms with Crippen molar-refractivity contribution >= 4 is 20.8 Å². The van der Waals surface area contributed by atoms with Gasteiger partial charge in [-0.2, -0.15) is 0 Å². The summed E-state index contributed by atoms with van der Waals surface area (Å²) in [5.41, 5.74) is 1.01. The molecule has 5 heteroatoms. The van der Waals surface area contributed by atoms with Gasteiger partial charge in [0.15, 0.2) is 0 Å². The lowest BCUT2D eigenvalue weighted by Gasteiger charge is -2.04. The molecule has 1 N–H and O–H groups in total. The van der Waals surface area contributed by atoms with Gasteiger partial charge in [0.2, 0.25) is 0 Å². The average Bonchev–Trinajstić information content (AvgIpc) is 2.34. The first-order chi connectivity index (χ1) is 5.59. The number of carbonyl (C=O) groups is 1. The molecule has 0 amide bonds. The molecule has 0 aromatic carbocycles. The first-order valence-corrected chi connectivity index (χ1v) is 4.19. The molecule has 0 aliphatic carbocycles. The average molecular weight is 186 g/mol. The Morgan fingerprint density at radius 2 is 2.42 bits per heavy atom. The standard InChI is InChI=1S/C7H11N2O2P/c1-4(2)11-6(10)5-3-8-7(12)9-5/h3-4H,12H2,1-2H3,(H,8,9). The number of carbonyl (C=O) groups excluding carboxylic acids is 1. The highest BCUT2D eigenvalue weighted by molar-refractivity contribution is 7.26. The Morgan fingerprint density at radius 1 is 1.75 bits per heavy atom. The molecule has 1 atom stereocenters. The second-order valence-electron chi connectivity index (χ2n) is 2.64. The van der Waals surface area contributed by atoms with Gasteiger partial charge in [-0.15, -0.1) is 0 Å². The molecule has 1 unspecified atom stereocenters. The number of nitrogens with zero attached hydrogens (tertiary/aromatic N) is 1. The van der Waals surface area contributed by atoms with E-state index in [-0.39, 0.29) is 12.1 Å². The van der Waals surface area contributed by atoms with E-state index in [0.717, 1.165) is 0 Å². The van der Waals surface area contributed by atoms with Crippen LogP contribution in [0, 0.1) is 0 Å². The van der Waals surface area contributed by atoms with Crippen LogP contribution in [0.4, 0.5) is 0 Å². The second-order valence-corrected chi connectivity index (χ2v) is 3.18. The molecule has 0 aliphatic rings. The molecule has 0 fully saturated rings. The van der Waals surface area contributed by atoms with Crippen LogP contribution < -0.4 is 5.57 Å². The van der Waals surface area contributed by atoms with Crippen molar-refractivity contribution in [3.63, 3.8) is 0 Å². The number of rotatable bonds is 2. The molecule has 4 nitrogen and oxygen atoms in total. The molecular weight excluding hydrogens is 175 g/mol. The van der Waals surface area contributed by atoms with Crippen molar-refractivity contribution < 1.29 is 9.53 Å². The third-order valence-corrected chi connectivity index (χ3v) is 1.45. The van der Waals surface area contributed by atoms with E-state index in [1.165, 1.54) is 6.20 Å². The molecule has 0 radical (unpaired) electrons. The van der Waals surface area contributed by atoms with Crippen molar-refractivity contribution in [1.82, 2.24) is 9.97 Å².